The van der Waals surface area contributed by atoms with Crippen LogP contribution in [0.5, 0.6) is 0 Å². The SMILES string of the molecule is COP(=O)(O)OP(=O)(OC)OP(=O)(OC)OC1CC12CC[C@H](CN(C=N)c1nc(N)[nH]c(=O)c1C)O2. The number of anilines is 2. The standard InChI is InChI=1S/C16H28N5O12P3/c1-10-13(19-15(18)20-14(10)22)21(9-17)8-11-5-6-16(30-11)7-12(16)31-35(25,28-3)33-36(26,29-4)32-34(23,24)27-2/h9,11-12,17H,5-8H2,1-4H3,(H,23,24)(H3,18,19,20,22)/t11-,12?,16?,35?,36?/m1/s1. The van der Waals surface area contributed by atoms with Crippen molar-refractivity contribution in [2.24, 2.45) is 0 Å². The van der Waals surface area contributed by atoms with Crippen molar-refractivity contribution < 1.29 is 50.0 Å². The molecule has 2 aliphatic rings. The number of nitrogens with zero attached hydrogens (tertiary/aromatic N) is 2. The van der Waals surface area contributed by atoms with Crippen LogP contribution in [0.3, 0.4) is 0 Å². The third-order valence-corrected chi connectivity index (χ3v) is 10.7. The highest BCUT2D eigenvalue weighted by Gasteiger charge is 2.64. The van der Waals surface area contributed by atoms with Crippen LogP contribution in [-0.2, 0) is 45.1 Å². The number of nitrogens with two attached hydrogens (primary N) is 1. The Hall–Kier alpha value is -1.48. The third-order valence-electron chi connectivity index (χ3n) is 5.56. The number of nitrogen functional groups attached to an aromatic ring is 1. The van der Waals surface area contributed by atoms with Gasteiger partial charge in [-0.2, -0.15) is 13.6 Å². The zero-order chi connectivity index (χ0) is 26.9. The fraction of sp³-hybridized carbons (Fsp3) is 0.688. The van der Waals surface area contributed by atoms with Crippen molar-refractivity contribution in [3.8, 4) is 0 Å². The second-order valence-electron chi connectivity index (χ2n) is 7.90. The first-order chi connectivity index (χ1) is 16.7. The van der Waals surface area contributed by atoms with Crippen molar-refractivity contribution in [3.05, 3.63) is 15.9 Å². The van der Waals surface area contributed by atoms with Gasteiger partial charge in [-0.1, -0.05) is 0 Å². The van der Waals surface area contributed by atoms with Gasteiger partial charge in [0.1, 0.15) is 11.9 Å². The number of rotatable bonds is 13. The number of phosphoric ester groups is 2. The lowest BCUT2D eigenvalue weighted by molar-refractivity contribution is 0.00256. The third kappa shape index (κ3) is 6.50. The largest absolute Gasteiger partial charge is 0.492 e. The van der Waals surface area contributed by atoms with E-state index in [0.29, 0.717) is 12.8 Å². The molecule has 2 fully saturated rings. The zero-order valence-electron chi connectivity index (χ0n) is 19.8. The van der Waals surface area contributed by atoms with Crippen molar-refractivity contribution in [3.63, 3.8) is 0 Å². The van der Waals surface area contributed by atoms with E-state index < -0.39 is 46.8 Å². The van der Waals surface area contributed by atoms with Crippen molar-refractivity contribution in [1.29, 1.82) is 5.41 Å². The first-order valence-corrected chi connectivity index (χ1v) is 14.8. The van der Waals surface area contributed by atoms with Crippen LogP contribution in [0.2, 0.25) is 0 Å². The number of aromatic amines is 1. The summed E-state index contributed by atoms with van der Waals surface area (Å²) in [6.45, 7) is 1.72. The van der Waals surface area contributed by atoms with Crippen LogP contribution in [0.1, 0.15) is 24.8 Å². The monoisotopic (exact) mass is 575 g/mol. The zero-order valence-corrected chi connectivity index (χ0v) is 22.5. The molecule has 204 valence electrons. The molecule has 5 N–H and O–H groups in total. The van der Waals surface area contributed by atoms with E-state index in [-0.39, 0.29) is 30.3 Å². The number of nitrogens with one attached hydrogen (secondary N) is 2. The molecule has 3 rings (SSSR count). The molecular weight excluding hydrogens is 547 g/mol. The number of ether oxygens (including phenoxy) is 1. The van der Waals surface area contributed by atoms with Gasteiger partial charge in [-0.05, 0) is 19.8 Å². The molecule has 1 aromatic rings. The molecule has 17 nitrogen and oxygen atoms in total. The number of hydrogen-bond acceptors (Lipinski definition) is 14. The lowest BCUT2D eigenvalue weighted by atomic mass is 10.1. The molecule has 1 aliphatic heterocycles. The second-order valence-corrected chi connectivity index (χ2v) is 13.2. The molecule has 6 atom stereocenters. The Morgan fingerprint density at radius 1 is 1.25 bits per heavy atom. The minimum Gasteiger partial charge on any atom is -0.369 e. The minimum absolute atomic E-state index is 0.0948. The van der Waals surface area contributed by atoms with Gasteiger partial charge < -0.3 is 20.3 Å². The van der Waals surface area contributed by atoms with Gasteiger partial charge in [0.15, 0.2) is 0 Å². The molecule has 1 spiro atoms. The topological polar surface area (TPSA) is 235 Å². The Balaban J connectivity index is 1.65. The molecule has 2 heterocycles. The molecule has 0 amide bonds. The Labute approximate surface area is 205 Å². The summed E-state index contributed by atoms with van der Waals surface area (Å²) >= 11 is 0. The average Bonchev–Trinajstić information content (AvgIpc) is 3.29. The number of phosphoric acid groups is 3. The molecule has 1 aliphatic carbocycles. The Bertz CT molecular complexity index is 1200. The smallest absolute Gasteiger partial charge is 0.369 e. The van der Waals surface area contributed by atoms with Crippen LogP contribution < -0.4 is 16.2 Å². The molecule has 5 unspecified atom stereocenters. The van der Waals surface area contributed by atoms with E-state index in [9.17, 15) is 23.4 Å². The summed E-state index contributed by atoms with van der Waals surface area (Å²) in [5, 5.41) is 7.73. The van der Waals surface area contributed by atoms with Crippen molar-refractivity contribution in [2.75, 3.05) is 38.5 Å². The van der Waals surface area contributed by atoms with Gasteiger partial charge in [-0.3, -0.25) is 33.3 Å². The van der Waals surface area contributed by atoms with Crippen LogP contribution in [-0.4, -0.2) is 66.9 Å². The summed E-state index contributed by atoms with van der Waals surface area (Å²) in [6.07, 6.45) is 1.08. The lowest BCUT2D eigenvalue weighted by Crippen LogP contribution is -2.34. The Morgan fingerprint density at radius 3 is 2.50 bits per heavy atom. The van der Waals surface area contributed by atoms with E-state index in [2.05, 4.69) is 23.3 Å². The van der Waals surface area contributed by atoms with Crippen LogP contribution in [0.4, 0.5) is 11.8 Å². The van der Waals surface area contributed by atoms with E-state index >= 15 is 0 Å². The molecule has 1 saturated heterocycles. The van der Waals surface area contributed by atoms with Crippen LogP contribution >= 0.6 is 23.5 Å². The maximum absolute atomic E-state index is 13.0. The van der Waals surface area contributed by atoms with Gasteiger partial charge in [0.05, 0.1) is 30.2 Å². The van der Waals surface area contributed by atoms with E-state index in [1.165, 1.54) is 4.90 Å². The fourth-order valence-electron chi connectivity index (χ4n) is 3.61. The van der Waals surface area contributed by atoms with Gasteiger partial charge in [-0.15, -0.1) is 0 Å². The summed E-state index contributed by atoms with van der Waals surface area (Å²) in [7, 11) is -11.8. The summed E-state index contributed by atoms with van der Waals surface area (Å²) in [5.74, 6) is 0.117. The Morgan fingerprint density at radius 2 is 1.92 bits per heavy atom. The molecular formula is C16H28N5O12P3. The second kappa shape index (κ2) is 10.7. The first kappa shape index (κ1) is 29.1. The van der Waals surface area contributed by atoms with E-state index in [1.807, 2.05) is 0 Å². The van der Waals surface area contributed by atoms with E-state index in [1.54, 1.807) is 6.92 Å². The number of hydrogen-bond donors (Lipinski definition) is 4. The Kier molecular flexibility index (Phi) is 8.66. The summed E-state index contributed by atoms with van der Waals surface area (Å²) in [5.41, 5.74) is 4.61. The molecule has 0 radical (unpaired) electrons. The quantitative estimate of drug-likeness (QED) is 0.150. The van der Waals surface area contributed by atoms with Crippen LogP contribution in [0.15, 0.2) is 4.79 Å². The lowest BCUT2D eigenvalue weighted by Gasteiger charge is -2.24. The summed E-state index contributed by atoms with van der Waals surface area (Å²) < 4.78 is 71.2. The first-order valence-electron chi connectivity index (χ1n) is 10.4. The molecule has 1 saturated carbocycles. The van der Waals surface area contributed by atoms with Gasteiger partial charge in [-0.25, -0.2) is 13.7 Å². The highest BCUT2D eigenvalue weighted by atomic mass is 31.3. The average molecular weight is 575 g/mol. The van der Waals surface area contributed by atoms with E-state index in [4.69, 9.17) is 29.2 Å². The maximum Gasteiger partial charge on any atom is 0.492 e. The van der Waals surface area contributed by atoms with E-state index in [0.717, 1.165) is 27.7 Å². The minimum atomic E-state index is -4.90. The van der Waals surface area contributed by atoms with Gasteiger partial charge in [0.2, 0.25) is 5.95 Å². The fourth-order valence-corrected chi connectivity index (χ4v) is 7.87. The van der Waals surface area contributed by atoms with Crippen LogP contribution in [0, 0.1) is 12.3 Å². The van der Waals surface area contributed by atoms with Crippen molar-refractivity contribution in [1.82, 2.24) is 9.97 Å². The number of aromatic nitrogens is 2. The van der Waals surface area contributed by atoms with Gasteiger partial charge in [0.25, 0.3) is 5.56 Å². The predicted molar refractivity (Wildman–Crippen MR) is 125 cm³/mol. The summed E-state index contributed by atoms with van der Waals surface area (Å²) in [4.78, 5) is 29.3. The summed E-state index contributed by atoms with van der Waals surface area (Å²) in [6, 6.07) is 0. The maximum atomic E-state index is 13.0. The molecule has 0 aromatic carbocycles. The normalized spacial score (nSPS) is 28.2. The van der Waals surface area contributed by atoms with Crippen molar-refractivity contribution in [2.45, 2.75) is 44.0 Å². The molecule has 36 heavy (non-hydrogen) atoms. The molecule has 1 aromatic heterocycles. The highest BCUT2D eigenvalue weighted by Crippen LogP contribution is 2.73. The van der Waals surface area contributed by atoms with Gasteiger partial charge in [0, 0.05) is 27.8 Å². The molecule has 20 heteroatoms. The van der Waals surface area contributed by atoms with Crippen molar-refractivity contribution >= 4 is 41.6 Å². The molecule has 0 bridgehead atoms. The van der Waals surface area contributed by atoms with Gasteiger partial charge >= 0.3 is 23.5 Å². The predicted octanol–water partition coefficient (Wildman–Crippen LogP) is 2.07. The highest BCUT2D eigenvalue weighted by molar-refractivity contribution is 7.67. The number of H-pyrrole nitrogens is 1. The van der Waals surface area contributed by atoms with Crippen LogP contribution in [0.25, 0.3) is 0 Å².